The monoisotopic (exact) mass is 352 g/mol. The Labute approximate surface area is 161 Å². The highest BCUT2D eigenvalue weighted by Gasteiger charge is 2.40. The predicted molar refractivity (Wildman–Crippen MR) is 111 cm³/mol. The lowest BCUT2D eigenvalue weighted by atomic mass is 9.68. The maximum absolute atomic E-state index is 9.63. The topological polar surface area (TPSA) is 20.2 Å². The van der Waals surface area contributed by atoms with Gasteiger partial charge in [0.25, 0.3) is 0 Å². The van der Waals surface area contributed by atoms with E-state index in [4.69, 9.17) is 0 Å². The molecule has 3 aromatic carbocycles. The van der Waals surface area contributed by atoms with Gasteiger partial charge < -0.3 is 5.11 Å². The Morgan fingerprint density at radius 1 is 0.815 bits per heavy atom. The average molecular weight is 352 g/mol. The van der Waals surface area contributed by atoms with Crippen LogP contribution in [0.3, 0.4) is 0 Å². The summed E-state index contributed by atoms with van der Waals surface area (Å²) in [6.45, 7) is 2.18. The molecular formula is C26H24O. The van der Waals surface area contributed by atoms with Crippen LogP contribution in [0.25, 0.3) is 5.57 Å². The van der Waals surface area contributed by atoms with E-state index in [1.54, 1.807) is 12.1 Å². The molecule has 0 amide bonds. The van der Waals surface area contributed by atoms with Gasteiger partial charge in [0.2, 0.25) is 0 Å². The van der Waals surface area contributed by atoms with Crippen molar-refractivity contribution in [2.75, 3.05) is 0 Å². The highest BCUT2D eigenvalue weighted by molar-refractivity contribution is 5.71. The second kappa shape index (κ2) is 6.42. The molecular weight excluding hydrogens is 328 g/mol. The molecule has 3 unspecified atom stereocenters. The van der Waals surface area contributed by atoms with E-state index < -0.39 is 0 Å². The first kappa shape index (κ1) is 16.4. The highest BCUT2D eigenvalue weighted by Crippen LogP contribution is 2.53. The van der Waals surface area contributed by atoms with Gasteiger partial charge >= 0.3 is 0 Å². The number of aromatic hydroxyl groups is 1. The number of fused-ring (bicyclic) bond motifs is 3. The lowest BCUT2D eigenvalue weighted by Gasteiger charge is -2.36. The number of rotatable bonds is 2. The smallest absolute Gasteiger partial charge is 0.115 e. The van der Waals surface area contributed by atoms with Gasteiger partial charge in [0, 0.05) is 0 Å². The third kappa shape index (κ3) is 2.88. The normalized spacial score (nSPS) is 23.4. The molecule has 2 aliphatic carbocycles. The lowest BCUT2D eigenvalue weighted by Crippen LogP contribution is -2.24. The van der Waals surface area contributed by atoms with Gasteiger partial charge in [-0.3, -0.25) is 0 Å². The first-order valence-corrected chi connectivity index (χ1v) is 9.83. The Kier molecular flexibility index (Phi) is 3.89. The van der Waals surface area contributed by atoms with Gasteiger partial charge in [-0.1, -0.05) is 72.3 Å². The molecule has 3 aromatic rings. The van der Waals surface area contributed by atoms with Crippen molar-refractivity contribution in [3.05, 3.63) is 107 Å². The van der Waals surface area contributed by atoms with Gasteiger partial charge in [-0.25, -0.2) is 0 Å². The van der Waals surface area contributed by atoms with Crippen LogP contribution < -0.4 is 0 Å². The number of hydrogen-bond donors (Lipinski definition) is 1. The van der Waals surface area contributed by atoms with Crippen molar-refractivity contribution in [1.82, 2.24) is 0 Å². The van der Waals surface area contributed by atoms with E-state index in [2.05, 4.69) is 61.5 Å². The quantitative estimate of drug-likeness (QED) is 0.580. The molecule has 0 heterocycles. The molecule has 5 rings (SSSR count). The van der Waals surface area contributed by atoms with Crippen molar-refractivity contribution in [1.29, 1.82) is 0 Å². The standard InChI is InChI=1S/C26H24O/c1-17-5-4-7-19(13-17)24-14-20-6-2-3-8-23(20)25-15-21(16-26(24)25)18-9-11-22(27)12-10-18/h2-13,16,24-27H,14-15H2,1H3. The summed E-state index contributed by atoms with van der Waals surface area (Å²) < 4.78 is 0. The summed E-state index contributed by atoms with van der Waals surface area (Å²) in [6.07, 6.45) is 4.70. The first-order valence-electron chi connectivity index (χ1n) is 9.83. The summed E-state index contributed by atoms with van der Waals surface area (Å²) in [5.41, 5.74) is 8.48. The van der Waals surface area contributed by atoms with Gasteiger partial charge in [0.05, 0.1) is 0 Å². The van der Waals surface area contributed by atoms with Crippen LogP contribution >= 0.6 is 0 Å². The fourth-order valence-electron chi connectivity index (χ4n) is 5.09. The number of phenols is 1. The van der Waals surface area contributed by atoms with Crippen molar-refractivity contribution >= 4 is 5.57 Å². The summed E-state index contributed by atoms with van der Waals surface area (Å²) in [6, 6.07) is 25.7. The van der Waals surface area contributed by atoms with E-state index in [1.807, 2.05) is 12.1 Å². The number of allylic oxidation sites excluding steroid dienone is 2. The fourth-order valence-corrected chi connectivity index (χ4v) is 5.09. The molecule has 0 aromatic heterocycles. The Bertz CT molecular complexity index is 1010. The van der Waals surface area contributed by atoms with Crippen LogP contribution in [0.15, 0.2) is 78.9 Å². The summed E-state index contributed by atoms with van der Waals surface area (Å²) in [7, 11) is 0. The van der Waals surface area contributed by atoms with E-state index in [0.717, 1.165) is 12.8 Å². The third-order valence-corrected chi connectivity index (χ3v) is 6.37. The van der Waals surface area contributed by atoms with E-state index in [0.29, 0.717) is 23.5 Å². The van der Waals surface area contributed by atoms with Crippen LogP contribution in [-0.4, -0.2) is 5.11 Å². The molecule has 0 radical (unpaired) electrons. The second-order valence-electron chi connectivity index (χ2n) is 8.05. The van der Waals surface area contributed by atoms with E-state index >= 15 is 0 Å². The summed E-state index contributed by atoms with van der Waals surface area (Å²) in [4.78, 5) is 0. The molecule has 0 fully saturated rings. The number of benzene rings is 3. The van der Waals surface area contributed by atoms with Crippen molar-refractivity contribution in [3.8, 4) is 5.75 Å². The van der Waals surface area contributed by atoms with Crippen LogP contribution in [0.5, 0.6) is 5.75 Å². The Morgan fingerprint density at radius 2 is 1.63 bits per heavy atom. The average Bonchev–Trinajstić information content (AvgIpc) is 3.13. The molecule has 0 bridgehead atoms. The van der Waals surface area contributed by atoms with Gasteiger partial charge in [0.15, 0.2) is 0 Å². The number of phenolic OH excluding ortho intramolecular Hbond substituents is 1. The Hall–Kier alpha value is -2.80. The van der Waals surface area contributed by atoms with Crippen LogP contribution in [0.4, 0.5) is 0 Å². The van der Waals surface area contributed by atoms with Gasteiger partial charge in [0.1, 0.15) is 5.75 Å². The lowest BCUT2D eigenvalue weighted by molar-refractivity contribution is 0.412. The van der Waals surface area contributed by atoms with Gasteiger partial charge in [-0.2, -0.15) is 0 Å². The van der Waals surface area contributed by atoms with E-state index in [-0.39, 0.29) is 0 Å². The number of aryl methyl sites for hydroxylation is 1. The highest BCUT2D eigenvalue weighted by atomic mass is 16.3. The van der Waals surface area contributed by atoms with Crippen molar-refractivity contribution < 1.29 is 5.11 Å². The minimum Gasteiger partial charge on any atom is -0.508 e. The summed E-state index contributed by atoms with van der Waals surface area (Å²) >= 11 is 0. The van der Waals surface area contributed by atoms with Gasteiger partial charge in [-0.05, 0) is 77.5 Å². The van der Waals surface area contributed by atoms with Crippen molar-refractivity contribution in [2.45, 2.75) is 31.6 Å². The summed E-state index contributed by atoms with van der Waals surface area (Å²) in [5.74, 6) is 1.94. The maximum Gasteiger partial charge on any atom is 0.115 e. The van der Waals surface area contributed by atoms with Crippen LogP contribution in [0.2, 0.25) is 0 Å². The molecule has 0 spiro atoms. The largest absolute Gasteiger partial charge is 0.508 e. The molecule has 1 N–H and O–H groups in total. The molecule has 0 saturated heterocycles. The molecule has 134 valence electrons. The maximum atomic E-state index is 9.63. The fraction of sp³-hybridized carbons (Fsp3) is 0.231. The molecule has 1 nitrogen and oxygen atoms in total. The van der Waals surface area contributed by atoms with E-state index in [9.17, 15) is 5.11 Å². The van der Waals surface area contributed by atoms with Crippen molar-refractivity contribution in [3.63, 3.8) is 0 Å². The SMILES string of the molecule is Cc1cccc(C2Cc3ccccc3C3CC(c4ccc(O)cc4)=CC23)c1. The van der Waals surface area contributed by atoms with Gasteiger partial charge in [-0.15, -0.1) is 0 Å². The molecule has 3 atom stereocenters. The predicted octanol–water partition coefficient (Wildman–Crippen LogP) is 6.23. The number of hydrogen-bond acceptors (Lipinski definition) is 1. The zero-order valence-corrected chi connectivity index (χ0v) is 15.6. The van der Waals surface area contributed by atoms with Crippen LogP contribution in [0, 0.1) is 12.8 Å². The Balaban J connectivity index is 1.60. The summed E-state index contributed by atoms with van der Waals surface area (Å²) in [5, 5.41) is 9.63. The minimum absolute atomic E-state index is 0.331. The molecule has 2 aliphatic rings. The zero-order chi connectivity index (χ0) is 18.4. The Morgan fingerprint density at radius 3 is 2.44 bits per heavy atom. The third-order valence-electron chi connectivity index (χ3n) is 6.37. The van der Waals surface area contributed by atoms with E-state index in [1.165, 1.54) is 33.4 Å². The molecule has 1 heteroatoms. The molecule has 0 aliphatic heterocycles. The van der Waals surface area contributed by atoms with Crippen LogP contribution in [0.1, 0.15) is 46.1 Å². The molecule has 0 saturated carbocycles. The zero-order valence-electron chi connectivity index (χ0n) is 15.6. The minimum atomic E-state index is 0.331. The first-order chi connectivity index (χ1) is 13.2. The molecule has 27 heavy (non-hydrogen) atoms. The van der Waals surface area contributed by atoms with Crippen LogP contribution in [-0.2, 0) is 6.42 Å². The van der Waals surface area contributed by atoms with Crippen molar-refractivity contribution in [2.24, 2.45) is 5.92 Å². The second-order valence-corrected chi connectivity index (χ2v) is 8.05.